The summed E-state index contributed by atoms with van der Waals surface area (Å²) < 4.78 is 0. The van der Waals surface area contributed by atoms with Crippen LogP contribution in [0.2, 0.25) is 0 Å². The van der Waals surface area contributed by atoms with Gasteiger partial charge in [-0.15, -0.1) is 34.8 Å². The van der Waals surface area contributed by atoms with E-state index in [2.05, 4.69) is 15.9 Å². The summed E-state index contributed by atoms with van der Waals surface area (Å²) in [6.07, 6.45) is 0. The maximum Gasteiger partial charge on any atom is 0.318 e. The smallest absolute Gasteiger partial charge is 0.318 e. The first kappa shape index (κ1) is 15.8. The summed E-state index contributed by atoms with van der Waals surface area (Å²) >= 11 is 21.3. The molecule has 4 atom stereocenters. The number of carboxylic acids is 1. The molecule has 15 heavy (non-hydrogen) atoms. The number of carboxylic acid groups (broad SMARTS) is 1. The van der Waals surface area contributed by atoms with Crippen molar-refractivity contribution in [3.8, 4) is 0 Å². The quantitative estimate of drug-likeness (QED) is 0.775. The van der Waals surface area contributed by atoms with Crippen molar-refractivity contribution in [3.63, 3.8) is 0 Å². The minimum atomic E-state index is -1.01. The molecule has 0 aromatic rings. The number of hydrogen-bond donors (Lipinski definition) is 1. The minimum Gasteiger partial charge on any atom is -0.480 e. The van der Waals surface area contributed by atoms with Gasteiger partial charge in [-0.25, -0.2) is 0 Å². The molecule has 0 heterocycles. The van der Waals surface area contributed by atoms with Gasteiger partial charge in [-0.1, -0.05) is 15.9 Å². The van der Waals surface area contributed by atoms with Crippen molar-refractivity contribution in [1.29, 1.82) is 0 Å². The van der Waals surface area contributed by atoms with E-state index in [0.29, 0.717) is 0 Å². The van der Waals surface area contributed by atoms with Gasteiger partial charge in [-0.2, -0.15) is 0 Å². The Bertz CT molecular complexity index is 210. The first-order chi connectivity index (χ1) is 6.68. The van der Waals surface area contributed by atoms with Crippen LogP contribution in [0.5, 0.6) is 0 Å². The molecule has 0 saturated carbocycles. The molecule has 0 aliphatic carbocycles. The molecular formula is C9H14BrCl3O2. The maximum atomic E-state index is 11.0. The summed E-state index contributed by atoms with van der Waals surface area (Å²) in [6, 6.07) is 0. The van der Waals surface area contributed by atoms with E-state index in [0.717, 1.165) is 0 Å². The molecule has 0 rings (SSSR count). The van der Waals surface area contributed by atoms with E-state index in [-0.39, 0.29) is 0 Å². The zero-order chi connectivity index (χ0) is 12.4. The van der Waals surface area contributed by atoms with Crippen LogP contribution >= 0.6 is 50.7 Å². The van der Waals surface area contributed by atoms with E-state index in [1.807, 2.05) is 0 Å². The van der Waals surface area contributed by atoms with E-state index < -0.39 is 32.3 Å². The van der Waals surface area contributed by atoms with E-state index >= 15 is 0 Å². The third-order valence-corrected chi connectivity index (χ3v) is 5.04. The Hall–Kier alpha value is 0.820. The third kappa shape index (κ3) is 2.93. The van der Waals surface area contributed by atoms with Crippen LogP contribution < -0.4 is 0 Å². The molecule has 1 N–H and O–H groups in total. The second-order valence-electron chi connectivity index (χ2n) is 3.55. The van der Waals surface area contributed by atoms with Crippen molar-refractivity contribution in [3.05, 3.63) is 0 Å². The third-order valence-electron chi connectivity index (χ3n) is 2.72. The molecule has 0 saturated heterocycles. The zero-order valence-electron chi connectivity index (χ0n) is 8.68. The molecule has 0 aliphatic heterocycles. The normalized spacial score (nSPS) is 23.7. The first-order valence-electron chi connectivity index (χ1n) is 4.48. The van der Waals surface area contributed by atoms with E-state index in [1.54, 1.807) is 20.8 Å². The molecule has 2 nitrogen and oxygen atoms in total. The van der Waals surface area contributed by atoms with Gasteiger partial charge in [-0.05, 0) is 20.8 Å². The Morgan fingerprint density at radius 1 is 1.13 bits per heavy atom. The van der Waals surface area contributed by atoms with Crippen LogP contribution in [-0.2, 0) is 4.79 Å². The highest BCUT2D eigenvalue weighted by molar-refractivity contribution is 9.10. The second kappa shape index (κ2) is 5.95. The van der Waals surface area contributed by atoms with Gasteiger partial charge < -0.3 is 5.11 Å². The van der Waals surface area contributed by atoms with Crippen molar-refractivity contribution in [2.24, 2.45) is 5.41 Å². The van der Waals surface area contributed by atoms with Crippen LogP contribution in [0.3, 0.4) is 0 Å². The Morgan fingerprint density at radius 3 is 1.47 bits per heavy atom. The molecule has 0 bridgehead atoms. The molecule has 4 unspecified atom stereocenters. The van der Waals surface area contributed by atoms with Gasteiger partial charge in [0.25, 0.3) is 0 Å². The predicted molar refractivity (Wildman–Crippen MR) is 68.7 cm³/mol. The van der Waals surface area contributed by atoms with Gasteiger partial charge in [0.15, 0.2) is 0 Å². The summed E-state index contributed by atoms with van der Waals surface area (Å²) in [5.74, 6) is -1.01. The van der Waals surface area contributed by atoms with Crippen molar-refractivity contribution in [2.75, 3.05) is 0 Å². The summed E-state index contributed by atoms with van der Waals surface area (Å²) in [5.41, 5.74) is -0.906. The topological polar surface area (TPSA) is 37.3 Å². The fourth-order valence-electron chi connectivity index (χ4n) is 1.77. The van der Waals surface area contributed by atoms with Crippen LogP contribution in [-0.4, -0.2) is 32.0 Å². The summed E-state index contributed by atoms with van der Waals surface area (Å²) in [5, 5.41) is 7.66. The number of carbonyl (C=O) groups is 1. The van der Waals surface area contributed by atoms with Gasteiger partial charge in [0.1, 0.15) is 4.83 Å². The highest BCUT2D eigenvalue weighted by Crippen LogP contribution is 2.46. The average molecular weight is 340 g/mol. The van der Waals surface area contributed by atoms with Crippen molar-refractivity contribution >= 4 is 56.7 Å². The van der Waals surface area contributed by atoms with E-state index in [1.165, 1.54) is 0 Å². The van der Waals surface area contributed by atoms with E-state index in [9.17, 15) is 4.79 Å². The van der Waals surface area contributed by atoms with Gasteiger partial charge in [-0.3, -0.25) is 4.79 Å². The molecule has 0 amide bonds. The fourth-order valence-corrected chi connectivity index (χ4v) is 5.12. The summed E-state index contributed by atoms with van der Waals surface area (Å²) in [4.78, 5) is 10.2. The first-order valence-corrected chi connectivity index (χ1v) is 6.70. The van der Waals surface area contributed by atoms with Crippen LogP contribution in [0, 0.1) is 5.41 Å². The number of aliphatic carboxylic acids is 1. The number of alkyl halides is 4. The molecule has 0 aromatic heterocycles. The maximum absolute atomic E-state index is 11.0. The lowest BCUT2D eigenvalue weighted by molar-refractivity contribution is -0.138. The Labute approximate surface area is 113 Å². The van der Waals surface area contributed by atoms with E-state index in [4.69, 9.17) is 39.9 Å². The molecule has 0 spiro atoms. The Kier molecular flexibility index (Phi) is 6.27. The molecule has 0 aromatic carbocycles. The highest BCUT2D eigenvalue weighted by Gasteiger charge is 2.52. The van der Waals surface area contributed by atoms with Crippen LogP contribution in [0.15, 0.2) is 0 Å². The highest BCUT2D eigenvalue weighted by atomic mass is 79.9. The van der Waals surface area contributed by atoms with Crippen LogP contribution in [0.25, 0.3) is 0 Å². The largest absolute Gasteiger partial charge is 0.480 e. The molecule has 6 heteroatoms. The molecule has 0 fully saturated rings. The van der Waals surface area contributed by atoms with Gasteiger partial charge in [0.2, 0.25) is 0 Å². The summed E-state index contributed by atoms with van der Waals surface area (Å²) in [7, 11) is 0. The van der Waals surface area contributed by atoms with Crippen molar-refractivity contribution in [1.82, 2.24) is 0 Å². The number of rotatable bonds is 5. The van der Waals surface area contributed by atoms with Crippen LogP contribution in [0.1, 0.15) is 20.8 Å². The minimum absolute atomic E-state index is 0.460. The van der Waals surface area contributed by atoms with Crippen molar-refractivity contribution in [2.45, 2.75) is 41.7 Å². The number of hydrogen-bond acceptors (Lipinski definition) is 1. The molecule has 0 radical (unpaired) electrons. The lowest BCUT2D eigenvalue weighted by Gasteiger charge is -2.43. The zero-order valence-corrected chi connectivity index (χ0v) is 12.5. The number of halogens is 4. The molecule has 0 aliphatic rings. The Balaban J connectivity index is 5.42. The average Bonchev–Trinajstić information content (AvgIpc) is 2.02. The monoisotopic (exact) mass is 338 g/mol. The van der Waals surface area contributed by atoms with Crippen LogP contribution in [0.4, 0.5) is 0 Å². The lowest BCUT2D eigenvalue weighted by atomic mass is 9.75. The van der Waals surface area contributed by atoms with Gasteiger partial charge >= 0.3 is 5.97 Å². The lowest BCUT2D eigenvalue weighted by Crippen LogP contribution is -2.53. The standard InChI is InChI=1S/C9H14BrCl3O2/c1-4(11)9(5(2)12,6(3)13)7(10)8(14)15/h4-7H,1-3H3,(H,14,15). The van der Waals surface area contributed by atoms with Crippen molar-refractivity contribution < 1.29 is 9.90 Å². The molecule has 90 valence electrons. The summed E-state index contributed by atoms with van der Waals surface area (Å²) in [6.45, 7) is 5.11. The van der Waals surface area contributed by atoms with Gasteiger partial charge in [0, 0.05) is 21.5 Å². The Morgan fingerprint density at radius 2 is 1.40 bits per heavy atom. The fraction of sp³-hybridized carbons (Fsp3) is 0.889. The molecular weight excluding hydrogens is 326 g/mol. The van der Waals surface area contributed by atoms with Gasteiger partial charge in [0.05, 0.1) is 0 Å². The SMILES string of the molecule is CC(Cl)C(C(C)Cl)(C(C)Cl)C(Br)C(=O)O. The second-order valence-corrected chi connectivity index (χ2v) is 6.43. The predicted octanol–water partition coefficient (Wildman–Crippen LogP) is 3.70.